The van der Waals surface area contributed by atoms with Crippen molar-refractivity contribution in [1.82, 2.24) is 0 Å². The van der Waals surface area contributed by atoms with Crippen molar-refractivity contribution in [2.24, 2.45) is 0 Å². The standard InChI is InChI=1S/C18H13F3O7S/c19-18(20,21)11-2-4-13-14(15(11)16(22)17(23)24)8-1-3-12-9(5-8)6-10(7-27-12)29(25,26)28-13/h1-5,10,16,22H,6-7H2,(H,23,24). The number of aliphatic carboxylic acids is 1. The summed E-state index contributed by atoms with van der Waals surface area (Å²) >= 11 is 0. The van der Waals surface area contributed by atoms with E-state index < -0.39 is 56.1 Å². The molecule has 7 nitrogen and oxygen atoms in total. The average Bonchev–Trinajstić information content (AvgIpc) is 2.65. The fourth-order valence-corrected chi connectivity index (χ4v) is 4.67. The Morgan fingerprint density at radius 3 is 2.52 bits per heavy atom. The molecule has 0 aromatic heterocycles. The highest BCUT2D eigenvalue weighted by atomic mass is 32.2. The van der Waals surface area contributed by atoms with E-state index >= 15 is 0 Å². The Balaban J connectivity index is 2.11. The molecule has 29 heavy (non-hydrogen) atoms. The summed E-state index contributed by atoms with van der Waals surface area (Å²) in [6, 6.07) is 5.54. The van der Waals surface area contributed by atoms with Crippen molar-refractivity contribution in [3.8, 4) is 22.6 Å². The molecule has 154 valence electrons. The molecular formula is C18H13F3O7S. The maximum atomic E-state index is 13.6. The second-order valence-corrected chi connectivity index (χ2v) is 8.49. The van der Waals surface area contributed by atoms with Crippen molar-refractivity contribution in [2.45, 2.75) is 24.0 Å². The molecule has 2 N–H and O–H groups in total. The summed E-state index contributed by atoms with van der Waals surface area (Å²) in [7, 11) is -4.31. The minimum absolute atomic E-state index is 0.0163. The summed E-state index contributed by atoms with van der Waals surface area (Å²) in [4.78, 5) is 11.4. The van der Waals surface area contributed by atoms with E-state index in [2.05, 4.69) is 0 Å². The minimum atomic E-state index is -5.00. The summed E-state index contributed by atoms with van der Waals surface area (Å²) in [5.74, 6) is -2.05. The molecule has 2 aromatic carbocycles. The Morgan fingerprint density at radius 2 is 1.86 bits per heavy atom. The number of carboxylic acids is 1. The van der Waals surface area contributed by atoms with Crippen LogP contribution in [-0.4, -0.2) is 36.5 Å². The fourth-order valence-electron chi connectivity index (χ4n) is 3.52. The van der Waals surface area contributed by atoms with Gasteiger partial charge >= 0.3 is 22.3 Å². The molecule has 2 heterocycles. The molecule has 2 aliphatic heterocycles. The molecule has 0 fully saturated rings. The van der Waals surface area contributed by atoms with Crippen LogP contribution in [0.15, 0.2) is 30.3 Å². The third-order valence-electron chi connectivity index (χ3n) is 4.86. The van der Waals surface area contributed by atoms with Gasteiger partial charge in [0.1, 0.15) is 17.6 Å². The Hall–Kier alpha value is -2.79. The summed E-state index contributed by atoms with van der Waals surface area (Å²) < 4.78 is 76.5. The van der Waals surface area contributed by atoms with Crippen LogP contribution in [0.25, 0.3) is 11.1 Å². The van der Waals surface area contributed by atoms with Gasteiger partial charge in [-0.05, 0) is 41.8 Å². The molecule has 4 rings (SSSR count). The van der Waals surface area contributed by atoms with Crippen molar-refractivity contribution in [3.63, 3.8) is 0 Å². The van der Waals surface area contributed by atoms with Crippen LogP contribution >= 0.6 is 0 Å². The number of benzene rings is 2. The highest BCUT2D eigenvalue weighted by molar-refractivity contribution is 7.87. The fraction of sp³-hybridized carbons (Fsp3) is 0.278. The number of halogens is 3. The first-order chi connectivity index (χ1) is 13.5. The van der Waals surface area contributed by atoms with Gasteiger partial charge in [-0.1, -0.05) is 6.07 Å². The lowest BCUT2D eigenvalue weighted by Gasteiger charge is -2.24. The van der Waals surface area contributed by atoms with Crippen LogP contribution in [0.2, 0.25) is 0 Å². The number of aliphatic hydroxyl groups is 1. The van der Waals surface area contributed by atoms with Crippen LogP contribution < -0.4 is 8.92 Å². The van der Waals surface area contributed by atoms with Gasteiger partial charge in [0.25, 0.3) is 0 Å². The molecular weight excluding hydrogens is 417 g/mol. The first kappa shape index (κ1) is 19.5. The number of fused-ring (bicyclic) bond motifs is 4. The van der Waals surface area contributed by atoms with Gasteiger partial charge in [0.15, 0.2) is 11.9 Å². The van der Waals surface area contributed by atoms with E-state index in [4.69, 9.17) is 8.92 Å². The largest absolute Gasteiger partial charge is 0.492 e. The highest BCUT2D eigenvalue weighted by Gasteiger charge is 2.41. The van der Waals surface area contributed by atoms with Gasteiger partial charge in [-0.15, -0.1) is 0 Å². The summed E-state index contributed by atoms with van der Waals surface area (Å²) in [5, 5.41) is 18.2. The second kappa shape index (κ2) is 6.36. The van der Waals surface area contributed by atoms with E-state index in [0.29, 0.717) is 17.4 Å². The number of aliphatic hydroxyl groups excluding tert-OH is 1. The number of carbonyl (C=O) groups is 1. The average molecular weight is 430 g/mol. The van der Waals surface area contributed by atoms with E-state index in [1.807, 2.05) is 0 Å². The van der Waals surface area contributed by atoms with Crippen LogP contribution in [0, 0.1) is 0 Å². The summed E-state index contributed by atoms with van der Waals surface area (Å²) in [6.07, 6.45) is -7.54. The predicted molar refractivity (Wildman–Crippen MR) is 92.0 cm³/mol. The maximum Gasteiger partial charge on any atom is 0.416 e. The second-order valence-electron chi connectivity index (χ2n) is 6.67. The van der Waals surface area contributed by atoms with Gasteiger partial charge in [-0.2, -0.15) is 21.6 Å². The molecule has 0 saturated heterocycles. The SMILES string of the molecule is O=C(O)C(O)c1c(C(F)(F)F)ccc2c1-c1ccc3c(c1)CC(CO3)S(=O)(=O)O2. The first-order valence-electron chi connectivity index (χ1n) is 8.33. The number of hydrogen-bond acceptors (Lipinski definition) is 6. The third kappa shape index (κ3) is 3.19. The van der Waals surface area contributed by atoms with E-state index in [-0.39, 0.29) is 18.6 Å². The minimum Gasteiger partial charge on any atom is -0.492 e. The predicted octanol–water partition coefficient (Wildman–Crippen LogP) is 2.52. The van der Waals surface area contributed by atoms with Crippen molar-refractivity contribution in [2.75, 3.05) is 6.61 Å². The zero-order chi connectivity index (χ0) is 21.1. The summed E-state index contributed by atoms with van der Waals surface area (Å²) in [6.45, 7) is -0.199. The Labute approximate surface area is 162 Å². The van der Waals surface area contributed by atoms with Crippen LogP contribution in [0.5, 0.6) is 11.5 Å². The van der Waals surface area contributed by atoms with E-state index in [9.17, 15) is 36.6 Å². The lowest BCUT2D eigenvalue weighted by Crippen LogP contribution is -2.36. The van der Waals surface area contributed by atoms with Crippen molar-refractivity contribution in [3.05, 3.63) is 47.0 Å². The molecule has 2 aliphatic rings. The topological polar surface area (TPSA) is 110 Å². The quantitative estimate of drug-likeness (QED) is 0.705. The highest BCUT2D eigenvalue weighted by Crippen LogP contribution is 2.47. The molecule has 2 atom stereocenters. The van der Waals surface area contributed by atoms with E-state index in [1.165, 1.54) is 18.2 Å². The zero-order valence-corrected chi connectivity index (χ0v) is 15.2. The van der Waals surface area contributed by atoms with Crippen LogP contribution in [0.4, 0.5) is 13.2 Å². The van der Waals surface area contributed by atoms with Crippen LogP contribution in [0.1, 0.15) is 22.8 Å². The van der Waals surface area contributed by atoms with Crippen molar-refractivity contribution in [1.29, 1.82) is 0 Å². The van der Waals surface area contributed by atoms with Gasteiger partial charge in [-0.3, -0.25) is 0 Å². The van der Waals surface area contributed by atoms with Crippen molar-refractivity contribution < 1.29 is 45.5 Å². The molecule has 0 amide bonds. The number of alkyl halides is 3. The molecule has 2 unspecified atom stereocenters. The Bertz CT molecular complexity index is 1130. The zero-order valence-electron chi connectivity index (χ0n) is 14.4. The molecule has 11 heteroatoms. The molecule has 2 aromatic rings. The monoisotopic (exact) mass is 430 g/mol. The van der Waals surface area contributed by atoms with Crippen LogP contribution in [-0.2, 0) is 27.5 Å². The third-order valence-corrected chi connectivity index (χ3v) is 6.39. The number of hydrogen-bond donors (Lipinski definition) is 2. The van der Waals surface area contributed by atoms with Gasteiger partial charge in [-0.25, -0.2) is 4.79 Å². The maximum absolute atomic E-state index is 13.6. The van der Waals surface area contributed by atoms with Crippen LogP contribution in [0.3, 0.4) is 0 Å². The van der Waals surface area contributed by atoms with E-state index in [0.717, 1.165) is 6.07 Å². The Kier molecular flexibility index (Phi) is 4.28. The number of ether oxygens (including phenoxy) is 1. The van der Waals surface area contributed by atoms with Gasteiger partial charge in [0, 0.05) is 11.1 Å². The smallest absolute Gasteiger partial charge is 0.416 e. The Morgan fingerprint density at radius 1 is 1.17 bits per heavy atom. The van der Waals surface area contributed by atoms with Gasteiger partial charge in [0.2, 0.25) is 0 Å². The number of carboxylic acid groups (broad SMARTS) is 1. The van der Waals surface area contributed by atoms with Gasteiger partial charge < -0.3 is 19.1 Å². The first-order valence-corrected chi connectivity index (χ1v) is 9.80. The molecule has 0 radical (unpaired) electrons. The van der Waals surface area contributed by atoms with E-state index in [1.54, 1.807) is 0 Å². The molecule has 0 aliphatic carbocycles. The van der Waals surface area contributed by atoms with Gasteiger partial charge in [0.05, 0.1) is 5.56 Å². The van der Waals surface area contributed by atoms with Crippen molar-refractivity contribution >= 4 is 16.1 Å². The molecule has 3 bridgehead atoms. The lowest BCUT2D eigenvalue weighted by molar-refractivity contribution is -0.149. The molecule has 0 saturated carbocycles. The summed E-state index contributed by atoms with van der Waals surface area (Å²) in [5.41, 5.74) is -2.35. The molecule has 0 spiro atoms. The normalized spacial score (nSPS) is 20.3. The lowest BCUT2D eigenvalue weighted by atomic mass is 9.89. The number of rotatable bonds is 2.